The molecule has 0 fully saturated rings. The Bertz CT molecular complexity index is 395. The third-order valence-corrected chi connectivity index (χ3v) is 3.10. The summed E-state index contributed by atoms with van der Waals surface area (Å²) in [5, 5.41) is 0. The second kappa shape index (κ2) is 6.42. The van der Waals surface area contributed by atoms with Crippen molar-refractivity contribution in [3.8, 4) is 5.75 Å². The van der Waals surface area contributed by atoms with Crippen molar-refractivity contribution in [3.63, 3.8) is 0 Å². The Morgan fingerprint density at radius 3 is 2.38 bits per heavy atom. The molecule has 0 radical (unpaired) electrons. The summed E-state index contributed by atoms with van der Waals surface area (Å²) in [6, 6.07) is 3.53. The van der Waals surface area contributed by atoms with Gasteiger partial charge in [0.2, 0.25) is 0 Å². The minimum atomic E-state index is -0.774. The van der Waals surface area contributed by atoms with Crippen LogP contribution in [0.2, 0.25) is 0 Å². The van der Waals surface area contributed by atoms with Crippen molar-refractivity contribution in [2.45, 2.75) is 0 Å². The fraction of sp³-hybridized carbons (Fsp3) is 0.100. The zero-order chi connectivity index (χ0) is 12.1. The third-order valence-electron chi connectivity index (χ3n) is 1.47. The molecule has 1 aromatic carbocycles. The first-order valence-electron chi connectivity index (χ1n) is 4.14. The highest BCUT2D eigenvalue weighted by atomic mass is 79.9. The summed E-state index contributed by atoms with van der Waals surface area (Å²) in [5.41, 5.74) is 0. The Labute approximate surface area is 118 Å². The third kappa shape index (κ3) is 3.92. The van der Waals surface area contributed by atoms with Crippen molar-refractivity contribution in [3.05, 3.63) is 38.2 Å². The van der Waals surface area contributed by atoms with E-state index in [-0.39, 0.29) is 6.61 Å². The minimum absolute atomic E-state index is 0.116. The molecule has 1 aromatic rings. The van der Waals surface area contributed by atoms with Gasteiger partial charge in [-0.1, -0.05) is 28.6 Å². The van der Waals surface area contributed by atoms with Crippen LogP contribution in [0.3, 0.4) is 0 Å². The Balaban J connectivity index is 2.81. The van der Waals surface area contributed by atoms with Crippen LogP contribution in [-0.2, 0) is 4.74 Å². The van der Waals surface area contributed by atoms with Crippen LogP contribution in [0.4, 0.5) is 4.79 Å². The average molecular weight is 415 g/mol. The van der Waals surface area contributed by atoms with Gasteiger partial charge in [-0.2, -0.15) is 0 Å². The van der Waals surface area contributed by atoms with Crippen LogP contribution in [0.5, 0.6) is 5.75 Å². The lowest BCUT2D eigenvalue weighted by atomic mass is 10.3. The molecule has 86 valence electrons. The first-order valence-corrected chi connectivity index (χ1v) is 6.52. The Hall–Kier alpha value is -0.330. The number of rotatable bonds is 3. The quantitative estimate of drug-likeness (QED) is 0.409. The van der Waals surface area contributed by atoms with E-state index < -0.39 is 6.16 Å². The van der Waals surface area contributed by atoms with Gasteiger partial charge in [0.1, 0.15) is 6.61 Å². The van der Waals surface area contributed by atoms with Gasteiger partial charge in [0.15, 0.2) is 5.75 Å². The Morgan fingerprint density at radius 1 is 1.31 bits per heavy atom. The molecule has 0 spiro atoms. The van der Waals surface area contributed by atoms with Gasteiger partial charge >= 0.3 is 6.16 Å². The monoisotopic (exact) mass is 412 g/mol. The molecule has 0 aliphatic carbocycles. The van der Waals surface area contributed by atoms with Gasteiger partial charge in [-0.3, -0.25) is 0 Å². The number of hydrogen-bond donors (Lipinski definition) is 0. The number of carbonyl (C=O) groups is 1. The molecule has 0 aliphatic heterocycles. The van der Waals surface area contributed by atoms with Crippen LogP contribution in [0.15, 0.2) is 38.2 Å². The Morgan fingerprint density at radius 2 is 1.88 bits per heavy atom. The van der Waals surface area contributed by atoms with Crippen molar-refractivity contribution in [1.82, 2.24) is 0 Å². The highest BCUT2D eigenvalue weighted by molar-refractivity contribution is 9.11. The fourth-order valence-electron chi connectivity index (χ4n) is 0.866. The number of benzene rings is 1. The smallest absolute Gasteiger partial charge is 0.430 e. The largest absolute Gasteiger partial charge is 0.514 e. The lowest BCUT2D eigenvalue weighted by molar-refractivity contribution is 0.109. The molecule has 16 heavy (non-hydrogen) atoms. The second-order valence-electron chi connectivity index (χ2n) is 2.65. The number of ether oxygens (including phenoxy) is 2. The summed E-state index contributed by atoms with van der Waals surface area (Å²) in [5.74, 6) is 0.372. The van der Waals surface area contributed by atoms with E-state index in [0.29, 0.717) is 14.7 Å². The van der Waals surface area contributed by atoms with E-state index in [9.17, 15) is 4.79 Å². The van der Waals surface area contributed by atoms with Gasteiger partial charge in [-0.15, -0.1) is 0 Å². The standard InChI is InChI=1S/C10H7Br3O3/c1-2-3-15-10(14)16-9-7(12)4-6(11)5-8(9)13/h2,4-5H,1,3H2. The lowest BCUT2D eigenvalue weighted by Crippen LogP contribution is -2.11. The van der Waals surface area contributed by atoms with E-state index in [1.807, 2.05) is 0 Å². The van der Waals surface area contributed by atoms with E-state index >= 15 is 0 Å². The van der Waals surface area contributed by atoms with Gasteiger partial charge in [0, 0.05) is 4.47 Å². The SMILES string of the molecule is C=CCOC(=O)Oc1c(Br)cc(Br)cc1Br. The molecule has 0 atom stereocenters. The maximum Gasteiger partial charge on any atom is 0.514 e. The van der Waals surface area contributed by atoms with Gasteiger partial charge in [0.05, 0.1) is 8.95 Å². The molecule has 0 aromatic heterocycles. The first-order chi connectivity index (χ1) is 7.54. The summed E-state index contributed by atoms with van der Waals surface area (Å²) in [6.07, 6.45) is 0.691. The second-order valence-corrected chi connectivity index (χ2v) is 5.27. The predicted octanol–water partition coefficient (Wildman–Crippen LogP) is 4.68. The van der Waals surface area contributed by atoms with Crippen molar-refractivity contribution in [1.29, 1.82) is 0 Å². The summed E-state index contributed by atoms with van der Waals surface area (Å²) in [7, 11) is 0. The molecule has 3 nitrogen and oxygen atoms in total. The summed E-state index contributed by atoms with van der Waals surface area (Å²) < 4.78 is 11.9. The fourth-order valence-corrected chi connectivity index (χ4v) is 3.29. The molecule has 0 unspecified atom stereocenters. The zero-order valence-corrected chi connectivity index (χ0v) is 12.8. The highest BCUT2D eigenvalue weighted by Gasteiger charge is 2.13. The average Bonchev–Trinajstić information content (AvgIpc) is 2.20. The van der Waals surface area contributed by atoms with Gasteiger partial charge in [-0.25, -0.2) is 4.79 Å². The van der Waals surface area contributed by atoms with Crippen LogP contribution >= 0.6 is 47.8 Å². The normalized spacial score (nSPS) is 9.69. The van der Waals surface area contributed by atoms with Gasteiger partial charge in [-0.05, 0) is 44.0 Å². The molecule has 0 aliphatic rings. The van der Waals surface area contributed by atoms with Crippen LogP contribution in [0.1, 0.15) is 0 Å². The number of halogens is 3. The molecular weight excluding hydrogens is 408 g/mol. The molecule has 0 saturated carbocycles. The van der Waals surface area contributed by atoms with E-state index in [1.54, 1.807) is 12.1 Å². The first kappa shape index (κ1) is 13.7. The zero-order valence-electron chi connectivity index (χ0n) is 8.00. The Kier molecular flexibility index (Phi) is 5.51. The predicted molar refractivity (Wildman–Crippen MR) is 71.7 cm³/mol. The maximum atomic E-state index is 11.2. The van der Waals surface area contributed by atoms with Crippen LogP contribution in [0, 0.1) is 0 Å². The summed E-state index contributed by atoms with van der Waals surface area (Å²) in [4.78, 5) is 11.2. The topological polar surface area (TPSA) is 35.5 Å². The molecule has 0 bridgehead atoms. The molecule has 1 rings (SSSR count). The van der Waals surface area contributed by atoms with Crippen molar-refractivity contribution < 1.29 is 14.3 Å². The molecular formula is C10H7Br3O3. The van der Waals surface area contributed by atoms with Crippen molar-refractivity contribution in [2.24, 2.45) is 0 Å². The van der Waals surface area contributed by atoms with Crippen LogP contribution in [0.25, 0.3) is 0 Å². The van der Waals surface area contributed by atoms with Gasteiger partial charge < -0.3 is 9.47 Å². The van der Waals surface area contributed by atoms with Crippen LogP contribution in [-0.4, -0.2) is 12.8 Å². The molecule has 0 saturated heterocycles. The van der Waals surface area contributed by atoms with Crippen LogP contribution < -0.4 is 4.74 Å². The van der Waals surface area contributed by atoms with Crippen molar-refractivity contribution in [2.75, 3.05) is 6.61 Å². The molecule has 0 N–H and O–H groups in total. The highest BCUT2D eigenvalue weighted by Crippen LogP contribution is 2.36. The summed E-state index contributed by atoms with van der Waals surface area (Å²) >= 11 is 9.87. The molecule has 0 amide bonds. The van der Waals surface area contributed by atoms with Gasteiger partial charge in [0.25, 0.3) is 0 Å². The number of carbonyl (C=O) groups excluding carboxylic acids is 1. The molecule has 0 heterocycles. The summed E-state index contributed by atoms with van der Waals surface area (Å²) in [6.45, 7) is 3.54. The minimum Gasteiger partial charge on any atom is -0.430 e. The van der Waals surface area contributed by atoms with E-state index in [2.05, 4.69) is 54.4 Å². The van der Waals surface area contributed by atoms with E-state index in [1.165, 1.54) is 6.08 Å². The van der Waals surface area contributed by atoms with E-state index in [0.717, 1.165) is 4.47 Å². The molecule has 6 heteroatoms. The van der Waals surface area contributed by atoms with E-state index in [4.69, 9.17) is 9.47 Å². The van der Waals surface area contributed by atoms with Crippen molar-refractivity contribution >= 4 is 53.9 Å². The lowest BCUT2D eigenvalue weighted by Gasteiger charge is -2.08. The maximum absolute atomic E-state index is 11.2. The number of hydrogen-bond acceptors (Lipinski definition) is 3.